The number of benzene rings is 3. The SMILES string of the molecule is COc1ccc([N+](=O)[O-])cc1NS(=O)(=O)c1cccc(C(=O)N[C@@H](C)c2ccccc2)c1. The number of nitrogens with zero attached hydrogens (tertiary/aromatic N) is 1. The molecule has 0 fully saturated rings. The van der Waals surface area contributed by atoms with Crippen LogP contribution < -0.4 is 14.8 Å². The molecule has 32 heavy (non-hydrogen) atoms. The summed E-state index contributed by atoms with van der Waals surface area (Å²) in [7, 11) is -2.84. The van der Waals surface area contributed by atoms with Gasteiger partial charge in [0.1, 0.15) is 5.75 Å². The molecule has 0 radical (unpaired) electrons. The van der Waals surface area contributed by atoms with E-state index in [1.165, 1.54) is 43.5 Å². The Hall–Kier alpha value is -3.92. The van der Waals surface area contributed by atoms with Gasteiger partial charge in [-0.1, -0.05) is 36.4 Å². The number of nitro groups is 1. The molecule has 0 heterocycles. The molecule has 2 N–H and O–H groups in total. The highest BCUT2D eigenvalue weighted by Gasteiger charge is 2.21. The highest BCUT2D eigenvalue weighted by molar-refractivity contribution is 7.92. The number of sulfonamides is 1. The van der Waals surface area contributed by atoms with E-state index in [0.717, 1.165) is 11.6 Å². The molecular weight excluding hydrogens is 434 g/mol. The number of non-ortho nitro benzene ring substituents is 1. The molecule has 10 heteroatoms. The topological polar surface area (TPSA) is 128 Å². The lowest BCUT2D eigenvalue weighted by Crippen LogP contribution is -2.27. The molecule has 1 amide bonds. The number of hydrogen-bond donors (Lipinski definition) is 2. The van der Waals surface area contributed by atoms with E-state index in [1.807, 2.05) is 37.3 Å². The summed E-state index contributed by atoms with van der Waals surface area (Å²) in [6, 6.07) is 18.1. The lowest BCUT2D eigenvalue weighted by atomic mass is 10.1. The standard InChI is InChI=1S/C22H21N3O6S/c1-15(16-7-4-3-5-8-16)23-22(26)17-9-6-10-19(13-17)32(29,30)24-20-14-18(25(27)28)11-12-21(20)31-2/h3-15,24H,1-2H3,(H,23,26)/t15-/m0/s1. The molecule has 0 saturated carbocycles. The first kappa shape index (κ1) is 22.8. The summed E-state index contributed by atoms with van der Waals surface area (Å²) in [4.78, 5) is 22.9. The number of rotatable bonds is 8. The van der Waals surface area contributed by atoms with E-state index in [2.05, 4.69) is 10.0 Å². The van der Waals surface area contributed by atoms with Crippen molar-refractivity contribution in [1.82, 2.24) is 5.32 Å². The van der Waals surface area contributed by atoms with Crippen LogP contribution in [-0.4, -0.2) is 26.4 Å². The van der Waals surface area contributed by atoms with Gasteiger partial charge in [0.05, 0.1) is 28.7 Å². The summed E-state index contributed by atoms with van der Waals surface area (Å²) in [5.74, 6) is -0.323. The Balaban J connectivity index is 1.84. The summed E-state index contributed by atoms with van der Waals surface area (Å²) in [5, 5.41) is 13.9. The Bertz CT molecular complexity index is 1250. The molecular formula is C22H21N3O6S. The van der Waals surface area contributed by atoms with Gasteiger partial charge in [0.15, 0.2) is 0 Å². The van der Waals surface area contributed by atoms with Gasteiger partial charge in [0, 0.05) is 17.7 Å². The fourth-order valence-electron chi connectivity index (χ4n) is 3.00. The van der Waals surface area contributed by atoms with E-state index in [-0.39, 0.29) is 33.6 Å². The molecule has 3 aromatic carbocycles. The van der Waals surface area contributed by atoms with E-state index < -0.39 is 20.9 Å². The van der Waals surface area contributed by atoms with Crippen LogP contribution in [0.2, 0.25) is 0 Å². The highest BCUT2D eigenvalue weighted by Crippen LogP contribution is 2.31. The normalized spacial score (nSPS) is 11.9. The van der Waals surface area contributed by atoms with Crippen LogP contribution >= 0.6 is 0 Å². The van der Waals surface area contributed by atoms with E-state index in [4.69, 9.17) is 4.74 Å². The zero-order valence-corrected chi connectivity index (χ0v) is 18.1. The number of nitro benzene ring substituents is 1. The molecule has 0 aliphatic rings. The third-order valence-electron chi connectivity index (χ3n) is 4.69. The minimum atomic E-state index is -4.16. The fraction of sp³-hybridized carbons (Fsp3) is 0.136. The maximum absolute atomic E-state index is 12.9. The molecule has 166 valence electrons. The van der Waals surface area contributed by atoms with Crippen molar-refractivity contribution in [2.45, 2.75) is 17.9 Å². The highest BCUT2D eigenvalue weighted by atomic mass is 32.2. The van der Waals surface area contributed by atoms with Gasteiger partial charge in [-0.2, -0.15) is 0 Å². The van der Waals surface area contributed by atoms with E-state index in [9.17, 15) is 23.3 Å². The number of hydrogen-bond acceptors (Lipinski definition) is 6. The second-order valence-corrected chi connectivity index (χ2v) is 8.56. The largest absolute Gasteiger partial charge is 0.495 e. The van der Waals surface area contributed by atoms with Gasteiger partial charge in [0.2, 0.25) is 0 Å². The van der Waals surface area contributed by atoms with Gasteiger partial charge in [-0.05, 0) is 36.8 Å². The van der Waals surface area contributed by atoms with Gasteiger partial charge in [0.25, 0.3) is 21.6 Å². The number of carbonyl (C=O) groups excluding carboxylic acids is 1. The lowest BCUT2D eigenvalue weighted by molar-refractivity contribution is -0.384. The predicted molar refractivity (Wildman–Crippen MR) is 119 cm³/mol. The van der Waals surface area contributed by atoms with Crippen molar-refractivity contribution in [3.63, 3.8) is 0 Å². The van der Waals surface area contributed by atoms with Gasteiger partial charge in [-0.3, -0.25) is 19.6 Å². The summed E-state index contributed by atoms with van der Waals surface area (Å²) in [5.41, 5.74) is 0.673. The predicted octanol–water partition coefficient (Wildman–Crippen LogP) is 3.90. The van der Waals surface area contributed by atoms with Crippen molar-refractivity contribution in [3.8, 4) is 5.75 Å². The molecule has 0 bridgehead atoms. The van der Waals surface area contributed by atoms with Crippen molar-refractivity contribution < 1.29 is 22.9 Å². The van der Waals surface area contributed by atoms with Crippen LogP contribution in [0.1, 0.15) is 28.9 Å². The molecule has 0 aliphatic carbocycles. The smallest absolute Gasteiger partial charge is 0.271 e. The quantitative estimate of drug-likeness (QED) is 0.392. The Morgan fingerprint density at radius 1 is 1.03 bits per heavy atom. The monoisotopic (exact) mass is 455 g/mol. The number of carbonyl (C=O) groups is 1. The molecule has 3 rings (SSSR count). The zero-order chi connectivity index (χ0) is 23.3. The molecule has 9 nitrogen and oxygen atoms in total. The first-order valence-electron chi connectivity index (χ1n) is 9.52. The third kappa shape index (κ3) is 5.22. The van der Waals surface area contributed by atoms with Crippen molar-refractivity contribution in [2.75, 3.05) is 11.8 Å². The van der Waals surface area contributed by atoms with Gasteiger partial charge in [-0.25, -0.2) is 8.42 Å². The van der Waals surface area contributed by atoms with E-state index >= 15 is 0 Å². The maximum Gasteiger partial charge on any atom is 0.271 e. The van der Waals surface area contributed by atoms with E-state index in [1.54, 1.807) is 0 Å². The van der Waals surface area contributed by atoms with Crippen molar-refractivity contribution >= 4 is 27.3 Å². The first-order valence-corrected chi connectivity index (χ1v) is 11.0. The molecule has 0 saturated heterocycles. The van der Waals surface area contributed by atoms with Crippen molar-refractivity contribution in [3.05, 3.63) is 94.0 Å². The lowest BCUT2D eigenvalue weighted by Gasteiger charge is -2.15. The maximum atomic E-state index is 12.9. The molecule has 0 aliphatic heterocycles. The zero-order valence-electron chi connectivity index (χ0n) is 17.3. The Morgan fingerprint density at radius 2 is 1.75 bits per heavy atom. The summed E-state index contributed by atoms with van der Waals surface area (Å²) in [6.45, 7) is 1.82. The first-order chi connectivity index (χ1) is 15.2. The minimum absolute atomic E-state index is 0.0887. The molecule has 0 unspecified atom stereocenters. The molecule has 3 aromatic rings. The van der Waals surface area contributed by atoms with Crippen molar-refractivity contribution in [1.29, 1.82) is 0 Å². The van der Waals surface area contributed by atoms with Crippen LogP contribution in [0.3, 0.4) is 0 Å². The van der Waals surface area contributed by atoms with Crippen molar-refractivity contribution in [2.24, 2.45) is 0 Å². The number of amides is 1. The van der Waals surface area contributed by atoms with Gasteiger partial charge >= 0.3 is 0 Å². The van der Waals surface area contributed by atoms with Crippen LogP contribution in [0, 0.1) is 10.1 Å². The number of ether oxygens (including phenoxy) is 1. The molecule has 0 spiro atoms. The Morgan fingerprint density at radius 3 is 2.41 bits per heavy atom. The summed E-state index contributed by atoms with van der Waals surface area (Å²) < 4.78 is 33.2. The second-order valence-electron chi connectivity index (χ2n) is 6.88. The summed E-state index contributed by atoms with van der Waals surface area (Å²) >= 11 is 0. The van der Waals surface area contributed by atoms with Gasteiger partial charge in [-0.15, -0.1) is 0 Å². The number of anilines is 1. The molecule has 1 atom stereocenters. The fourth-order valence-corrected chi connectivity index (χ4v) is 4.11. The minimum Gasteiger partial charge on any atom is -0.495 e. The second kappa shape index (κ2) is 9.48. The van der Waals surface area contributed by atoms with E-state index in [0.29, 0.717) is 0 Å². The number of nitrogens with one attached hydrogen (secondary N) is 2. The van der Waals surface area contributed by atoms with Crippen LogP contribution in [0.4, 0.5) is 11.4 Å². The molecule has 0 aromatic heterocycles. The van der Waals surface area contributed by atoms with Crippen LogP contribution in [0.5, 0.6) is 5.75 Å². The summed E-state index contributed by atoms with van der Waals surface area (Å²) in [6.07, 6.45) is 0. The average Bonchev–Trinajstić information content (AvgIpc) is 2.79. The third-order valence-corrected chi connectivity index (χ3v) is 6.06. The number of methoxy groups -OCH3 is 1. The van der Waals surface area contributed by atoms with Crippen LogP contribution in [0.15, 0.2) is 77.7 Å². The average molecular weight is 455 g/mol. The van der Waals surface area contributed by atoms with Crippen LogP contribution in [0.25, 0.3) is 0 Å². The Kier molecular flexibility index (Phi) is 6.74. The van der Waals surface area contributed by atoms with Crippen LogP contribution in [-0.2, 0) is 10.0 Å². The van der Waals surface area contributed by atoms with Gasteiger partial charge < -0.3 is 10.1 Å². The Labute approximate surface area is 185 Å².